The van der Waals surface area contributed by atoms with Crippen molar-refractivity contribution in [3.05, 3.63) is 62.1 Å². The van der Waals surface area contributed by atoms with Crippen molar-refractivity contribution >= 4 is 58.5 Å². The van der Waals surface area contributed by atoms with Gasteiger partial charge in [0.1, 0.15) is 5.75 Å². The van der Waals surface area contributed by atoms with Crippen molar-refractivity contribution in [3.8, 4) is 5.75 Å². The molecule has 0 saturated heterocycles. The number of carbonyl (C=O) groups excluding carboxylic acids is 1. The maximum absolute atomic E-state index is 11.7. The molecule has 0 radical (unpaired) electrons. The molecule has 0 fully saturated rings. The van der Waals surface area contributed by atoms with E-state index in [9.17, 15) is 4.79 Å². The number of halogens is 4. The van der Waals surface area contributed by atoms with Gasteiger partial charge < -0.3 is 4.74 Å². The third kappa shape index (κ3) is 5.59. The van der Waals surface area contributed by atoms with Crippen LogP contribution in [0.15, 0.2) is 41.5 Å². The molecule has 0 heterocycles. The molecule has 2 rings (SSSR count). The van der Waals surface area contributed by atoms with Crippen LogP contribution in [0.2, 0.25) is 20.1 Å². The molecule has 0 aliphatic heterocycles. The Morgan fingerprint density at radius 2 is 1.70 bits per heavy atom. The fourth-order valence-electron chi connectivity index (χ4n) is 1.55. The Bertz CT molecular complexity index is 750. The summed E-state index contributed by atoms with van der Waals surface area (Å²) in [5.74, 6) is -0.0895. The summed E-state index contributed by atoms with van der Waals surface area (Å²) in [6.45, 7) is -0.243. The Balaban J connectivity index is 1.86. The van der Waals surface area contributed by atoms with Crippen LogP contribution in [-0.2, 0) is 4.79 Å². The number of rotatable bonds is 5. The highest BCUT2D eigenvalue weighted by molar-refractivity contribution is 6.36. The Morgan fingerprint density at radius 1 is 1.04 bits per heavy atom. The molecule has 0 aromatic heterocycles. The summed E-state index contributed by atoms with van der Waals surface area (Å²) in [4.78, 5) is 11.7. The summed E-state index contributed by atoms with van der Waals surface area (Å²) in [6, 6.07) is 9.65. The van der Waals surface area contributed by atoms with Gasteiger partial charge in [-0.1, -0.05) is 52.5 Å². The average molecular weight is 392 g/mol. The number of hydrazone groups is 1. The van der Waals surface area contributed by atoms with Crippen LogP contribution in [0.5, 0.6) is 5.75 Å². The van der Waals surface area contributed by atoms with E-state index in [1.807, 2.05) is 0 Å². The van der Waals surface area contributed by atoms with Gasteiger partial charge in [0.2, 0.25) is 0 Å². The Kier molecular flexibility index (Phi) is 6.54. The van der Waals surface area contributed by atoms with Crippen molar-refractivity contribution in [3.63, 3.8) is 0 Å². The quantitative estimate of drug-likeness (QED) is 0.586. The van der Waals surface area contributed by atoms with Gasteiger partial charge in [-0.2, -0.15) is 5.10 Å². The van der Waals surface area contributed by atoms with Gasteiger partial charge in [0, 0.05) is 15.6 Å². The normalized spacial score (nSPS) is 10.8. The fraction of sp³-hybridized carbons (Fsp3) is 0.0667. The summed E-state index contributed by atoms with van der Waals surface area (Å²) < 4.78 is 5.28. The van der Waals surface area contributed by atoms with Crippen LogP contribution in [0.3, 0.4) is 0 Å². The largest absolute Gasteiger partial charge is 0.482 e. The average Bonchev–Trinajstić information content (AvgIpc) is 2.48. The van der Waals surface area contributed by atoms with Crippen LogP contribution in [0.1, 0.15) is 5.56 Å². The zero-order chi connectivity index (χ0) is 16.8. The second-order valence-corrected chi connectivity index (χ2v) is 6.01. The van der Waals surface area contributed by atoms with Crippen molar-refractivity contribution in [2.75, 3.05) is 6.61 Å². The molecule has 2 aromatic rings. The summed E-state index contributed by atoms with van der Waals surface area (Å²) in [5, 5.41) is 5.55. The maximum atomic E-state index is 11.7. The minimum atomic E-state index is -0.447. The highest BCUT2D eigenvalue weighted by atomic mass is 35.5. The van der Waals surface area contributed by atoms with E-state index in [0.717, 1.165) is 0 Å². The first-order chi connectivity index (χ1) is 11.0. The number of hydrogen-bond acceptors (Lipinski definition) is 3. The second-order valence-electron chi connectivity index (χ2n) is 4.32. The Hall–Kier alpha value is -1.46. The minimum absolute atomic E-state index is 0.243. The van der Waals surface area contributed by atoms with E-state index in [0.29, 0.717) is 31.4 Å². The molecule has 120 valence electrons. The molecule has 0 saturated carbocycles. The van der Waals surface area contributed by atoms with Crippen molar-refractivity contribution < 1.29 is 9.53 Å². The summed E-state index contributed by atoms with van der Waals surface area (Å²) in [6.07, 6.45) is 1.41. The van der Waals surface area contributed by atoms with E-state index in [1.54, 1.807) is 30.3 Å². The molecule has 0 aliphatic rings. The van der Waals surface area contributed by atoms with Gasteiger partial charge in [0.15, 0.2) is 6.61 Å². The van der Waals surface area contributed by atoms with Crippen LogP contribution < -0.4 is 10.2 Å². The number of hydrogen-bond donors (Lipinski definition) is 1. The van der Waals surface area contributed by atoms with Gasteiger partial charge in [0.05, 0.1) is 16.3 Å². The number of amides is 1. The van der Waals surface area contributed by atoms with E-state index >= 15 is 0 Å². The van der Waals surface area contributed by atoms with Gasteiger partial charge in [-0.3, -0.25) is 4.79 Å². The smallest absolute Gasteiger partial charge is 0.277 e. The van der Waals surface area contributed by atoms with Gasteiger partial charge in [-0.05, 0) is 30.3 Å². The standard InChI is InChI=1S/C15H10Cl4N2O2/c16-10-2-1-9(12(18)5-10)7-20-21-15(22)8-23-14-4-3-11(17)6-13(14)19/h1-7H,8H2,(H,21,22)/b20-7-. The van der Waals surface area contributed by atoms with Crippen LogP contribution in [0.4, 0.5) is 0 Å². The number of nitrogens with zero attached hydrogens (tertiary/aromatic N) is 1. The summed E-state index contributed by atoms with van der Waals surface area (Å²) >= 11 is 23.5. The number of ether oxygens (including phenoxy) is 1. The molecule has 0 bridgehead atoms. The molecule has 2 aromatic carbocycles. The molecule has 23 heavy (non-hydrogen) atoms. The van der Waals surface area contributed by atoms with Crippen LogP contribution in [0, 0.1) is 0 Å². The van der Waals surface area contributed by atoms with Crippen LogP contribution >= 0.6 is 46.4 Å². The van der Waals surface area contributed by atoms with Crippen LogP contribution in [-0.4, -0.2) is 18.7 Å². The highest BCUT2D eigenvalue weighted by Crippen LogP contribution is 2.27. The van der Waals surface area contributed by atoms with Crippen LogP contribution in [0.25, 0.3) is 0 Å². The Labute approximate surface area is 152 Å². The summed E-state index contributed by atoms with van der Waals surface area (Å²) in [7, 11) is 0. The first-order valence-corrected chi connectivity index (χ1v) is 7.81. The second kappa shape index (κ2) is 8.41. The third-order valence-electron chi connectivity index (χ3n) is 2.61. The predicted octanol–water partition coefficient (Wildman–Crippen LogP) is 4.83. The van der Waals surface area contributed by atoms with E-state index in [2.05, 4.69) is 10.5 Å². The lowest BCUT2D eigenvalue weighted by molar-refractivity contribution is -0.123. The summed E-state index contributed by atoms with van der Waals surface area (Å²) in [5.41, 5.74) is 2.94. The van der Waals surface area contributed by atoms with E-state index in [4.69, 9.17) is 51.1 Å². The predicted molar refractivity (Wildman–Crippen MR) is 94.2 cm³/mol. The fourth-order valence-corrected chi connectivity index (χ4v) is 2.47. The Morgan fingerprint density at radius 3 is 2.35 bits per heavy atom. The van der Waals surface area contributed by atoms with Crippen molar-refractivity contribution in [2.45, 2.75) is 0 Å². The van der Waals surface area contributed by atoms with Crippen molar-refractivity contribution in [1.82, 2.24) is 5.43 Å². The molecular formula is C15H10Cl4N2O2. The lowest BCUT2D eigenvalue weighted by Crippen LogP contribution is -2.24. The molecule has 0 atom stereocenters. The van der Waals surface area contributed by atoms with E-state index in [-0.39, 0.29) is 6.61 Å². The van der Waals surface area contributed by atoms with E-state index < -0.39 is 5.91 Å². The SMILES string of the molecule is O=C(COc1ccc(Cl)cc1Cl)N/N=C\c1ccc(Cl)cc1Cl. The third-order valence-corrected chi connectivity index (χ3v) is 3.70. The van der Waals surface area contributed by atoms with Crippen molar-refractivity contribution in [1.29, 1.82) is 0 Å². The first kappa shape index (κ1) is 17.9. The molecule has 4 nitrogen and oxygen atoms in total. The lowest BCUT2D eigenvalue weighted by atomic mass is 10.2. The van der Waals surface area contributed by atoms with Gasteiger partial charge >= 0.3 is 0 Å². The van der Waals surface area contributed by atoms with Gasteiger partial charge in [-0.15, -0.1) is 0 Å². The molecular weight excluding hydrogens is 382 g/mol. The zero-order valence-corrected chi connectivity index (χ0v) is 14.5. The van der Waals surface area contributed by atoms with Gasteiger partial charge in [-0.25, -0.2) is 5.43 Å². The van der Waals surface area contributed by atoms with Gasteiger partial charge in [0.25, 0.3) is 5.91 Å². The maximum Gasteiger partial charge on any atom is 0.277 e. The molecule has 1 N–H and O–H groups in total. The lowest BCUT2D eigenvalue weighted by Gasteiger charge is -2.07. The monoisotopic (exact) mass is 390 g/mol. The molecule has 1 amide bonds. The molecule has 8 heteroatoms. The highest BCUT2D eigenvalue weighted by Gasteiger charge is 2.06. The topological polar surface area (TPSA) is 50.7 Å². The van der Waals surface area contributed by atoms with Crippen molar-refractivity contribution in [2.24, 2.45) is 5.10 Å². The zero-order valence-electron chi connectivity index (χ0n) is 11.5. The number of carbonyl (C=O) groups is 1. The number of nitrogens with one attached hydrogen (secondary N) is 1. The first-order valence-electron chi connectivity index (χ1n) is 6.30. The van der Waals surface area contributed by atoms with E-state index in [1.165, 1.54) is 12.3 Å². The molecule has 0 aliphatic carbocycles. The number of benzene rings is 2. The molecule has 0 unspecified atom stereocenters. The minimum Gasteiger partial charge on any atom is -0.482 e. The molecule has 0 spiro atoms.